The minimum absolute atomic E-state index is 0.0246. The Hall–Kier alpha value is -0.610. The molecule has 2 rings (SSSR count). The number of ether oxygens (including phenoxy) is 2. The molecule has 0 unspecified atom stereocenters. The van der Waals surface area contributed by atoms with Gasteiger partial charge in [-0.3, -0.25) is 4.79 Å². The first-order valence-electron chi connectivity index (χ1n) is 5.68. The average Bonchev–Trinajstić information content (AvgIpc) is 2.62. The van der Waals surface area contributed by atoms with Crippen LogP contribution in [0.25, 0.3) is 0 Å². The summed E-state index contributed by atoms with van der Waals surface area (Å²) in [5.41, 5.74) is 6.05. The second-order valence-electron chi connectivity index (χ2n) is 4.57. The predicted octanol–water partition coefficient (Wildman–Crippen LogP) is 0.834. The van der Waals surface area contributed by atoms with Crippen LogP contribution in [0.2, 0.25) is 0 Å². The zero-order valence-electron chi connectivity index (χ0n) is 9.15. The Morgan fingerprint density at radius 1 is 1.53 bits per heavy atom. The van der Waals surface area contributed by atoms with Gasteiger partial charge in [-0.1, -0.05) is 0 Å². The summed E-state index contributed by atoms with van der Waals surface area (Å²) in [6.45, 7) is 0. The van der Waals surface area contributed by atoms with E-state index in [4.69, 9.17) is 10.5 Å². The smallest absolute Gasteiger partial charge is 0.308 e. The van der Waals surface area contributed by atoms with Gasteiger partial charge in [0.15, 0.2) is 0 Å². The zero-order chi connectivity index (χ0) is 10.8. The van der Waals surface area contributed by atoms with E-state index >= 15 is 0 Å². The maximum absolute atomic E-state index is 11.1. The molecular weight excluding hydrogens is 194 g/mol. The molecule has 0 spiro atoms. The van der Waals surface area contributed by atoms with Crippen LogP contribution in [0.3, 0.4) is 0 Å². The molecule has 0 amide bonds. The third-order valence-electron chi connectivity index (χ3n) is 3.58. The predicted molar refractivity (Wildman–Crippen MR) is 55.2 cm³/mol. The number of rotatable bonds is 2. The van der Waals surface area contributed by atoms with Crippen molar-refractivity contribution in [1.29, 1.82) is 0 Å². The summed E-state index contributed by atoms with van der Waals surface area (Å²) >= 11 is 0. The van der Waals surface area contributed by atoms with Crippen LogP contribution in [0.1, 0.15) is 32.1 Å². The lowest BCUT2D eigenvalue weighted by molar-refractivity contribution is -0.143. The van der Waals surface area contributed by atoms with E-state index < -0.39 is 0 Å². The van der Waals surface area contributed by atoms with E-state index in [0.717, 1.165) is 25.7 Å². The molecular formula is C11H19NO3. The van der Waals surface area contributed by atoms with Crippen molar-refractivity contribution >= 4 is 5.97 Å². The Kier molecular flexibility index (Phi) is 3.26. The minimum Gasteiger partial charge on any atom is -0.469 e. The van der Waals surface area contributed by atoms with E-state index in [-0.39, 0.29) is 24.2 Å². The summed E-state index contributed by atoms with van der Waals surface area (Å²) in [6.07, 6.45) is 4.93. The number of methoxy groups -OCH3 is 1. The third kappa shape index (κ3) is 2.32. The lowest BCUT2D eigenvalue weighted by Gasteiger charge is -2.29. The molecule has 1 aliphatic heterocycles. The van der Waals surface area contributed by atoms with Crippen LogP contribution in [0.4, 0.5) is 0 Å². The van der Waals surface area contributed by atoms with Gasteiger partial charge >= 0.3 is 5.97 Å². The number of esters is 1. The first-order valence-corrected chi connectivity index (χ1v) is 5.68. The molecule has 0 aromatic rings. The summed E-state index contributed by atoms with van der Waals surface area (Å²) in [5.74, 6) is 0.264. The molecule has 0 radical (unpaired) electrons. The van der Waals surface area contributed by atoms with Crippen LogP contribution in [-0.4, -0.2) is 31.3 Å². The number of hydrogen-bond donors (Lipinski definition) is 1. The molecule has 0 bridgehead atoms. The summed E-state index contributed by atoms with van der Waals surface area (Å²) < 4.78 is 10.5. The zero-order valence-corrected chi connectivity index (χ0v) is 9.15. The highest BCUT2D eigenvalue weighted by Gasteiger charge is 2.41. The SMILES string of the molecule is COC(=O)C[C@@H]1C[C@@H]2[C@H](N)CCC[C@@H]2O1. The van der Waals surface area contributed by atoms with Crippen molar-refractivity contribution in [2.45, 2.75) is 50.4 Å². The van der Waals surface area contributed by atoms with Crippen LogP contribution in [0, 0.1) is 5.92 Å². The van der Waals surface area contributed by atoms with Gasteiger partial charge in [-0.25, -0.2) is 0 Å². The standard InChI is InChI=1S/C11H19NO3/c1-14-11(13)6-7-5-8-9(12)3-2-4-10(8)15-7/h7-10H,2-6,12H2,1H3/t7-,8+,9+,10-/m0/s1. The van der Waals surface area contributed by atoms with Crippen LogP contribution in [-0.2, 0) is 14.3 Å². The summed E-state index contributed by atoms with van der Waals surface area (Å²) in [5, 5.41) is 0. The van der Waals surface area contributed by atoms with Gasteiger partial charge in [0.05, 0.1) is 25.7 Å². The Morgan fingerprint density at radius 3 is 3.00 bits per heavy atom. The first-order chi connectivity index (χ1) is 7.20. The molecule has 4 atom stereocenters. The number of carbonyl (C=O) groups excluding carboxylic acids is 1. The minimum atomic E-state index is -0.188. The molecule has 4 nitrogen and oxygen atoms in total. The van der Waals surface area contributed by atoms with E-state index in [9.17, 15) is 4.79 Å². The molecule has 1 saturated heterocycles. The van der Waals surface area contributed by atoms with Gasteiger partial charge in [-0.15, -0.1) is 0 Å². The molecule has 1 aliphatic carbocycles. The number of carbonyl (C=O) groups is 1. The maximum atomic E-state index is 11.1. The molecule has 2 aliphatic rings. The van der Waals surface area contributed by atoms with Crippen molar-refractivity contribution in [1.82, 2.24) is 0 Å². The van der Waals surface area contributed by atoms with Crippen LogP contribution in [0.15, 0.2) is 0 Å². The van der Waals surface area contributed by atoms with Crippen LogP contribution in [0.5, 0.6) is 0 Å². The maximum Gasteiger partial charge on any atom is 0.308 e. The van der Waals surface area contributed by atoms with Crippen LogP contribution >= 0.6 is 0 Å². The average molecular weight is 213 g/mol. The largest absolute Gasteiger partial charge is 0.469 e. The quantitative estimate of drug-likeness (QED) is 0.690. The second kappa shape index (κ2) is 4.49. The fraction of sp³-hybridized carbons (Fsp3) is 0.909. The molecule has 0 aromatic carbocycles. The summed E-state index contributed by atoms with van der Waals surface area (Å²) in [4.78, 5) is 11.1. The van der Waals surface area contributed by atoms with Gasteiger partial charge in [-0.05, 0) is 25.7 Å². The molecule has 15 heavy (non-hydrogen) atoms. The van der Waals surface area contributed by atoms with Crippen molar-refractivity contribution in [3.8, 4) is 0 Å². The van der Waals surface area contributed by atoms with Crippen LogP contribution < -0.4 is 5.73 Å². The van der Waals surface area contributed by atoms with E-state index in [1.807, 2.05) is 0 Å². The van der Waals surface area contributed by atoms with E-state index in [0.29, 0.717) is 12.3 Å². The fourth-order valence-corrected chi connectivity index (χ4v) is 2.76. The van der Waals surface area contributed by atoms with Gasteiger partial charge in [0, 0.05) is 12.0 Å². The van der Waals surface area contributed by atoms with Crippen molar-refractivity contribution in [2.24, 2.45) is 11.7 Å². The van der Waals surface area contributed by atoms with E-state index in [2.05, 4.69) is 4.74 Å². The first kappa shape index (κ1) is 10.9. The van der Waals surface area contributed by atoms with Crippen molar-refractivity contribution in [3.63, 3.8) is 0 Å². The second-order valence-corrected chi connectivity index (χ2v) is 4.57. The summed E-state index contributed by atoms with van der Waals surface area (Å²) in [6, 6.07) is 0.256. The molecule has 86 valence electrons. The van der Waals surface area contributed by atoms with Gasteiger partial charge in [0.1, 0.15) is 0 Å². The molecule has 4 heteroatoms. The van der Waals surface area contributed by atoms with Gasteiger partial charge in [0.25, 0.3) is 0 Å². The molecule has 1 heterocycles. The van der Waals surface area contributed by atoms with Gasteiger partial charge in [0.2, 0.25) is 0 Å². The highest BCUT2D eigenvalue weighted by molar-refractivity contribution is 5.69. The van der Waals surface area contributed by atoms with Crippen molar-refractivity contribution in [3.05, 3.63) is 0 Å². The lowest BCUT2D eigenvalue weighted by atomic mass is 9.81. The molecule has 1 saturated carbocycles. The molecule has 2 N–H and O–H groups in total. The number of hydrogen-bond acceptors (Lipinski definition) is 4. The van der Waals surface area contributed by atoms with Crippen molar-refractivity contribution < 1.29 is 14.3 Å². The Bertz CT molecular complexity index is 244. The Morgan fingerprint density at radius 2 is 2.33 bits per heavy atom. The third-order valence-corrected chi connectivity index (χ3v) is 3.58. The molecule has 0 aromatic heterocycles. The van der Waals surface area contributed by atoms with E-state index in [1.54, 1.807) is 0 Å². The highest BCUT2D eigenvalue weighted by atomic mass is 16.5. The Balaban J connectivity index is 1.89. The Labute approximate surface area is 90.1 Å². The fourth-order valence-electron chi connectivity index (χ4n) is 2.76. The van der Waals surface area contributed by atoms with E-state index in [1.165, 1.54) is 7.11 Å². The topological polar surface area (TPSA) is 61.5 Å². The molecule has 2 fully saturated rings. The summed E-state index contributed by atoms with van der Waals surface area (Å²) in [7, 11) is 1.41. The van der Waals surface area contributed by atoms with Gasteiger partial charge in [-0.2, -0.15) is 0 Å². The normalized spacial score (nSPS) is 39.9. The van der Waals surface area contributed by atoms with Crippen molar-refractivity contribution in [2.75, 3.05) is 7.11 Å². The van der Waals surface area contributed by atoms with Gasteiger partial charge < -0.3 is 15.2 Å². The lowest BCUT2D eigenvalue weighted by Crippen LogP contribution is -2.38. The highest BCUT2D eigenvalue weighted by Crippen LogP contribution is 2.37. The number of fused-ring (bicyclic) bond motifs is 1. The monoisotopic (exact) mass is 213 g/mol. The number of nitrogens with two attached hydrogens (primary N) is 1.